The number of rotatable bonds is 1. The van der Waals surface area contributed by atoms with Gasteiger partial charge in [0.2, 0.25) is 0 Å². The molecule has 0 saturated heterocycles. The predicted octanol–water partition coefficient (Wildman–Crippen LogP) is -2.16. The standard InChI is InChI=1S/C14H12NP.2ClH.Zr/c1-9-7-11(13-5-3-4-6-15-13)12-8-10(2)16-14(9)12;;;/h3-8H,1-2H3;2*1H;/q;;;+2/p-2. The molecule has 19 heavy (non-hydrogen) atoms. The maximum absolute atomic E-state index is 4.43. The van der Waals surface area contributed by atoms with Crippen LogP contribution in [0.5, 0.6) is 0 Å². The van der Waals surface area contributed by atoms with E-state index in [2.05, 4.69) is 37.0 Å². The molecule has 0 spiro atoms. The molecule has 0 amide bonds. The Labute approximate surface area is 147 Å². The second-order valence-electron chi connectivity index (χ2n) is 4.12. The fraction of sp³-hybridized carbons (Fsp3) is 0.143. The summed E-state index contributed by atoms with van der Waals surface area (Å²) in [5.74, 6) is 0. The molecule has 1 aliphatic heterocycles. The second-order valence-corrected chi connectivity index (χ2v) is 5.49. The van der Waals surface area contributed by atoms with Gasteiger partial charge in [0.25, 0.3) is 0 Å². The second kappa shape index (κ2) is 7.70. The first-order valence-corrected chi connectivity index (χ1v) is 6.27. The van der Waals surface area contributed by atoms with Gasteiger partial charge in [0.05, 0.1) is 5.69 Å². The zero-order valence-corrected chi connectivity index (χ0v) is 15.5. The Kier molecular flexibility index (Phi) is 7.70. The molecule has 1 aromatic rings. The SMILES string of the molecule is CC1=PC2=C(C)C=C(c3ccccn3)C2=C1.[Cl-].[Cl-].[Zr+2]. The Bertz CT molecular complexity index is 589. The third-order valence-electron chi connectivity index (χ3n) is 2.86. The van der Waals surface area contributed by atoms with Crippen LogP contribution in [0.4, 0.5) is 0 Å². The number of allylic oxidation sites excluding steroid dienone is 6. The molecule has 2 aliphatic rings. The number of pyridine rings is 1. The molecule has 1 aromatic heterocycles. The van der Waals surface area contributed by atoms with Crippen LogP contribution in [0, 0.1) is 0 Å². The minimum atomic E-state index is 0. The zero-order valence-electron chi connectivity index (χ0n) is 10.6. The maximum atomic E-state index is 4.43. The average molecular weight is 387 g/mol. The number of hydrogen-bond donors (Lipinski definition) is 0. The summed E-state index contributed by atoms with van der Waals surface area (Å²) in [5.41, 5.74) is 5.10. The van der Waals surface area contributed by atoms with Crippen molar-refractivity contribution in [3.63, 3.8) is 0 Å². The smallest absolute Gasteiger partial charge is 1.00 e. The van der Waals surface area contributed by atoms with Crippen molar-refractivity contribution in [3.05, 3.63) is 58.7 Å². The summed E-state index contributed by atoms with van der Waals surface area (Å²) < 4.78 is 0. The van der Waals surface area contributed by atoms with Gasteiger partial charge in [0.15, 0.2) is 0 Å². The van der Waals surface area contributed by atoms with Crippen LogP contribution in [-0.2, 0) is 26.2 Å². The minimum absolute atomic E-state index is 0. The van der Waals surface area contributed by atoms with Crippen molar-refractivity contribution >= 4 is 19.1 Å². The predicted molar refractivity (Wildman–Crippen MR) is 70.6 cm³/mol. The van der Waals surface area contributed by atoms with Crippen LogP contribution in [0.1, 0.15) is 19.5 Å². The summed E-state index contributed by atoms with van der Waals surface area (Å²) in [7, 11) is 1.36. The normalized spacial score (nSPS) is 16.2. The maximum Gasteiger partial charge on any atom is 2.00 e. The topological polar surface area (TPSA) is 12.9 Å². The van der Waals surface area contributed by atoms with Crippen molar-refractivity contribution in [1.29, 1.82) is 0 Å². The number of halogens is 2. The molecular formula is C14H12Cl2NPZr. The van der Waals surface area contributed by atoms with Gasteiger partial charge in [-0.05, 0) is 54.6 Å². The van der Waals surface area contributed by atoms with E-state index in [0.29, 0.717) is 0 Å². The van der Waals surface area contributed by atoms with Gasteiger partial charge in [0.1, 0.15) is 0 Å². The van der Waals surface area contributed by atoms with E-state index in [-0.39, 0.29) is 51.0 Å². The minimum Gasteiger partial charge on any atom is -1.00 e. The number of fused-ring (bicyclic) bond motifs is 1. The molecule has 0 saturated carbocycles. The molecule has 1 aliphatic carbocycles. The van der Waals surface area contributed by atoms with Crippen molar-refractivity contribution in [2.24, 2.45) is 0 Å². The summed E-state index contributed by atoms with van der Waals surface area (Å²) in [5, 5.41) is 2.88. The van der Waals surface area contributed by atoms with E-state index in [1.807, 2.05) is 18.3 Å². The molecule has 3 rings (SSSR count). The monoisotopic (exact) mass is 385 g/mol. The molecule has 1 nitrogen and oxygen atoms in total. The quantitative estimate of drug-likeness (QED) is 0.501. The van der Waals surface area contributed by atoms with Crippen LogP contribution in [-0.4, -0.2) is 10.3 Å². The Balaban J connectivity index is 0.00000108. The average Bonchev–Trinajstić information content (AvgIpc) is 2.80. The van der Waals surface area contributed by atoms with Crippen LogP contribution < -0.4 is 24.8 Å². The number of hydrogen-bond acceptors (Lipinski definition) is 1. The molecule has 0 atom stereocenters. The Hall–Kier alpha value is 0.00312. The van der Waals surface area contributed by atoms with E-state index in [9.17, 15) is 0 Å². The molecule has 0 bridgehead atoms. The van der Waals surface area contributed by atoms with Crippen LogP contribution in [0.15, 0.2) is 53.0 Å². The number of aromatic nitrogens is 1. The van der Waals surface area contributed by atoms with Gasteiger partial charge in [0, 0.05) is 17.1 Å². The van der Waals surface area contributed by atoms with Gasteiger partial charge in [-0.1, -0.05) is 14.3 Å². The summed E-state index contributed by atoms with van der Waals surface area (Å²) in [6.07, 6.45) is 6.39. The molecule has 0 fully saturated rings. The molecule has 2 heterocycles. The summed E-state index contributed by atoms with van der Waals surface area (Å²) in [4.78, 5) is 4.43. The van der Waals surface area contributed by atoms with E-state index >= 15 is 0 Å². The van der Waals surface area contributed by atoms with Gasteiger partial charge in [-0.3, -0.25) is 4.98 Å². The molecular weight excluding hydrogens is 375 g/mol. The van der Waals surface area contributed by atoms with Crippen molar-refractivity contribution in [2.45, 2.75) is 13.8 Å². The molecule has 0 aromatic carbocycles. The summed E-state index contributed by atoms with van der Waals surface area (Å²) in [6.45, 7) is 4.37. The number of nitrogens with zero attached hydrogens (tertiary/aromatic N) is 1. The fourth-order valence-corrected chi connectivity index (χ4v) is 3.24. The summed E-state index contributed by atoms with van der Waals surface area (Å²) in [6, 6.07) is 6.08. The van der Waals surface area contributed by atoms with Crippen molar-refractivity contribution in [1.82, 2.24) is 4.98 Å². The first-order chi connectivity index (χ1) is 7.75. The van der Waals surface area contributed by atoms with Gasteiger partial charge < -0.3 is 24.8 Å². The van der Waals surface area contributed by atoms with Gasteiger partial charge >= 0.3 is 26.2 Å². The largest absolute Gasteiger partial charge is 2.00 e. The van der Waals surface area contributed by atoms with E-state index < -0.39 is 0 Å². The van der Waals surface area contributed by atoms with Crippen molar-refractivity contribution in [2.75, 3.05) is 0 Å². The van der Waals surface area contributed by atoms with E-state index in [0.717, 1.165) is 5.69 Å². The van der Waals surface area contributed by atoms with Crippen LogP contribution in [0.2, 0.25) is 0 Å². The fourth-order valence-electron chi connectivity index (χ4n) is 2.15. The third kappa shape index (κ3) is 3.56. The van der Waals surface area contributed by atoms with Crippen LogP contribution in [0.3, 0.4) is 0 Å². The van der Waals surface area contributed by atoms with Gasteiger partial charge in [-0.25, -0.2) is 0 Å². The zero-order chi connectivity index (χ0) is 11.1. The molecule has 0 radical (unpaired) electrons. The Morgan fingerprint density at radius 1 is 1.00 bits per heavy atom. The van der Waals surface area contributed by atoms with E-state index in [1.165, 1.54) is 35.5 Å². The van der Waals surface area contributed by atoms with Crippen molar-refractivity contribution < 1.29 is 51.0 Å². The van der Waals surface area contributed by atoms with Gasteiger partial charge in [-0.15, -0.1) is 0 Å². The van der Waals surface area contributed by atoms with Gasteiger partial charge in [-0.2, -0.15) is 0 Å². The summed E-state index contributed by atoms with van der Waals surface area (Å²) >= 11 is 0. The third-order valence-corrected chi connectivity index (χ3v) is 4.16. The Morgan fingerprint density at radius 3 is 2.37 bits per heavy atom. The molecule has 0 unspecified atom stereocenters. The Morgan fingerprint density at radius 2 is 1.74 bits per heavy atom. The molecule has 0 N–H and O–H groups in total. The first kappa shape index (κ1) is 19.0. The molecule has 5 heteroatoms. The first-order valence-electron chi connectivity index (χ1n) is 5.37. The van der Waals surface area contributed by atoms with Crippen LogP contribution in [0.25, 0.3) is 5.57 Å². The van der Waals surface area contributed by atoms with E-state index in [4.69, 9.17) is 0 Å². The van der Waals surface area contributed by atoms with Crippen LogP contribution >= 0.6 is 8.20 Å². The van der Waals surface area contributed by atoms with Crippen molar-refractivity contribution in [3.8, 4) is 0 Å². The van der Waals surface area contributed by atoms with E-state index in [1.54, 1.807) is 0 Å². The molecule has 96 valence electrons.